The van der Waals surface area contributed by atoms with Crippen LogP contribution in [0.5, 0.6) is 5.75 Å². The number of aryl methyl sites for hydroxylation is 1. The normalized spacial score (nSPS) is 12.0. The molecule has 6 nitrogen and oxygen atoms in total. The molecule has 1 unspecified atom stereocenters. The minimum atomic E-state index is -4.94. The van der Waals surface area contributed by atoms with Crippen LogP contribution in [0.1, 0.15) is 22.7 Å². The van der Waals surface area contributed by atoms with Gasteiger partial charge in [-0.15, -0.1) is 10.2 Å². The van der Waals surface area contributed by atoms with Crippen LogP contribution in [-0.2, 0) is 0 Å². The van der Waals surface area contributed by atoms with Crippen LogP contribution in [0.4, 0.5) is 0 Å². The smallest absolute Gasteiger partial charge is 0.208 e. The number of pyridine rings is 1. The number of methoxy groups -OCH3 is 1. The highest BCUT2D eigenvalue weighted by Gasteiger charge is 2.23. The third-order valence-electron chi connectivity index (χ3n) is 3.93. The van der Waals surface area contributed by atoms with Crippen LogP contribution in [0.15, 0.2) is 73.1 Å². The first-order valence-corrected chi connectivity index (χ1v) is 9.77. The lowest BCUT2D eigenvalue weighted by atomic mass is 9.97. The van der Waals surface area contributed by atoms with Crippen LogP contribution in [0, 0.1) is 17.2 Å². The van der Waals surface area contributed by atoms with Crippen molar-refractivity contribution >= 4 is 11.6 Å². The van der Waals surface area contributed by atoms with Crippen LogP contribution in [0.2, 0.25) is 5.02 Å². The van der Waals surface area contributed by atoms with Gasteiger partial charge in [0.25, 0.3) is 0 Å². The summed E-state index contributed by atoms with van der Waals surface area (Å²) in [5, 5.41) is 0.735. The summed E-state index contributed by atoms with van der Waals surface area (Å²) in [6.07, 6.45) is 4.02. The Hall–Kier alpha value is -2.19. The zero-order chi connectivity index (χ0) is 20.7. The van der Waals surface area contributed by atoms with Gasteiger partial charge in [-0.05, 0) is 31.2 Å². The Morgan fingerprint density at radius 3 is 1.68 bits per heavy atom. The number of halogens is 2. The van der Waals surface area contributed by atoms with E-state index in [-0.39, 0.29) is 6.04 Å². The molecule has 0 saturated heterocycles. The van der Waals surface area contributed by atoms with E-state index in [9.17, 15) is 0 Å². The first kappa shape index (κ1) is 22.1. The molecule has 0 aliphatic heterocycles. The van der Waals surface area contributed by atoms with Gasteiger partial charge >= 0.3 is 0 Å². The molecule has 8 heteroatoms. The van der Waals surface area contributed by atoms with E-state index in [4.69, 9.17) is 35.0 Å². The zero-order valence-electron chi connectivity index (χ0n) is 15.2. The van der Waals surface area contributed by atoms with Gasteiger partial charge in [-0.1, -0.05) is 41.4 Å². The monoisotopic (exact) mass is 423 g/mol. The van der Waals surface area contributed by atoms with Crippen molar-refractivity contribution < 1.29 is 38.2 Å². The fraction of sp³-hybridized carbons (Fsp3) is 0.150. The predicted molar refractivity (Wildman–Crippen MR) is 93.1 cm³/mol. The second-order valence-corrected chi connectivity index (χ2v) is 7.12. The molecule has 0 spiro atoms. The van der Waals surface area contributed by atoms with Crippen molar-refractivity contribution in [3.05, 3.63) is 94.8 Å². The number of aromatic nitrogens is 1. The van der Waals surface area contributed by atoms with Gasteiger partial charge in [0.15, 0.2) is 12.4 Å². The lowest BCUT2D eigenvalue weighted by Gasteiger charge is -2.17. The van der Waals surface area contributed by atoms with E-state index >= 15 is 0 Å². The average molecular weight is 424 g/mol. The second-order valence-electron chi connectivity index (χ2n) is 5.93. The first-order valence-electron chi connectivity index (χ1n) is 8.16. The third kappa shape index (κ3) is 7.09. The molecule has 1 heterocycles. The quantitative estimate of drug-likeness (QED) is 0.541. The van der Waals surface area contributed by atoms with E-state index in [2.05, 4.69) is 47.9 Å². The Kier molecular flexibility index (Phi) is 7.77. The number of rotatable bonds is 4. The number of hydrogen-bond donors (Lipinski definition) is 0. The Bertz CT molecular complexity index is 812. The molecule has 0 N–H and O–H groups in total. The van der Waals surface area contributed by atoms with Crippen molar-refractivity contribution in [2.24, 2.45) is 0 Å². The lowest BCUT2D eigenvalue weighted by molar-refractivity contribution is -2.00. The van der Waals surface area contributed by atoms with Crippen molar-refractivity contribution in [3.8, 4) is 5.75 Å². The van der Waals surface area contributed by atoms with Crippen molar-refractivity contribution in [2.45, 2.75) is 13.0 Å². The second kappa shape index (κ2) is 9.84. The molecular formula is C20H19Cl2NO5. The maximum atomic E-state index is 8.49. The van der Waals surface area contributed by atoms with E-state index in [1.807, 2.05) is 36.7 Å². The molecule has 148 valence electrons. The van der Waals surface area contributed by atoms with Crippen LogP contribution in [0.25, 0.3) is 0 Å². The molecule has 0 radical (unpaired) electrons. The average Bonchev–Trinajstić information content (AvgIpc) is 2.64. The molecule has 3 rings (SSSR count). The van der Waals surface area contributed by atoms with Crippen molar-refractivity contribution in [2.75, 3.05) is 7.11 Å². The highest BCUT2D eigenvalue weighted by atomic mass is 35.7. The van der Waals surface area contributed by atoms with Crippen molar-refractivity contribution in [1.29, 1.82) is 0 Å². The maximum absolute atomic E-state index is 8.49. The number of ether oxygens (including phenoxy) is 1. The van der Waals surface area contributed by atoms with Gasteiger partial charge in [0, 0.05) is 23.3 Å². The van der Waals surface area contributed by atoms with E-state index in [1.165, 1.54) is 16.7 Å². The molecule has 0 bridgehead atoms. The van der Waals surface area contributed by atoms with E-state index in [1.54, 1.807) is 7.11 Å². The molecule has 28 heavy (non-hydrogen) atoms. The lowest BCUT2D eigenvalue weighted by Crippen LogP contribution is -2.68. The van der Waals surface area contributed by atoms with Crippen LogP contribution < -0.4 is 27.9 Å². The summed E-state index contributed by atoms with van der Waals surface area (Å²) in [7, 11) is -3.26. The van der Waals surface area contributed by atoms with Crippen LogP contribution in [0.3, 0.4) is 0 Å². The Labute approximate surface area is 170 Å². The number of nitrogens with zero attached hydrogens (tertiary/aromatic N) is 1. The fourth-order valence-corrected chi connectivity index (χ4v) is 2.78. The van der Waals surface area contributed by atoms with Crippen molar-refractivity contribution in [1.82, 2.24) is 0 Å². The Balaban J connectivity index is 0.000000500. The molecule has 0 aliphatic rings. The summed E-state index contributed by atoms with van der Waals surface area (Å²) < 4.78 is 41.4. The summed E-state index contributed by atoms with van der Waals surface area (Å²) in [6, 6.07) is 20.7. The molecule has 0 fully saturated rings. The third-order valence-corrected chi connectivity index (χ3v) is 4.19. The molecule has 2 aromatic carbocycles. The van der Waals surface area contributed by atoms with E-state index in [0.717, 1.165) is 10.8 Å². The summed E-state index contributed by atoms with van der Waals surface area (Å²) in [6.45, 7) is 2.10. The van der Waals surface area contributed by atoms with E-state index in [0.29, 0.717) is 0 Å². The predicted octanol–water partition coefficient (Wildman–Crippen LogP) is -0.174. The molecule has 1 aromatic heterocycles. The SMILES string of the molecule is COc1ccc(C(c2ccc(C)cc2)[n+]2ccc(Cl)cc2)cc1.[O-][Cl+3]([O-])([O-])[O-]. The number of hydrogen-bond acceptors (Lipinski definition) is 5. The first-order chi connectivity index (χ1) is 13.2. The van der Waals surface area contributed by atoms with Gasteiger partial charge in [0.05, 0.1) is 12.1 Å². The molecule has 0 saturated carbocycles. The summed E-state index contributed by atoms with van der Waals surface area (Å²) >= 11 is 6.04. The van der Waals surface area contributed by atoms with Gasteiger partial charge in [-0.2, -0.15) is 4.57 Å². The van der Waals surface area contributed by atoms with Gasteiger partial charge < -0.3 is 4.74 Å². The summed E-state index contributed by atoms with van der Waals surface area (Å²) in [4.78, 5) is 0. The van der Waals surface area contributed by atoms with Gasteiger partial charge in [0.1, 0.15) is 5.75 Å². The minimum Gasteiger partial charge on any atom is -0.497 e. The topological polar surface area (TPSA) is 105 Å². The molecular weight excluding hydrogens is 405 g/mol. The van der Waals surface area contributed by atoms with Gasteiger partial charge in [0.2, 0.25) is 6.04 Å². The highest BCUT2D eigenvalue weighted by molar-refractivity contribution is 6.30. The van der Waals surface area contributed by atoms with Crippen LogP contribution >= 0.6 is 11.6 Å². The Morgan fingerprint density at radius 1 is 0.821 bits per heavy atom. The van der Waals surface area contributed by atoms with Crippen molar-refractivity contribution in [3.63, 3.8) is 0 Å². The highest BCUT2D eigenvalue weighted by Crippen LogP contribution is 2.24. The molecule has 0 amide bonds. The molecule has 1 atom stereocenters. The molecule has 3 aromatic rings. The van der Waals surface area contributed by atoms with Gasteiger partial charge in [-0.25, -0.2) is 18.6 Å². The van der Waals surface area contributed by atoms with E-state index < -0.39 is 10.2 Å². The standard InChI is InChI=1S/C20H19ClNO.ClHO4/c1-15-3-5-16(6-4-15)20(22-13-11-18(21)12-14-22)17-7-9-19(23-2)10-8-17;2-1(3,4)5/h3-14,20H,1-2H3;(H,2,3,4,5)/q+1;/p-1. The number of benzene rings is 2. The summed E-state index contributed by atoms with van der Waals surface area (Å²) in [5.41, 5.74) is 3.68. The van der Waals surface area contributed by atoms with Crippen LogP contribution in [-0.4, -0.2) is 7.11 Å². The van der Waals surface area contributed by atoms with Gasteiger partial charge in [-0.3, -0.25) is 0 Å². The zero-order valence-corrected chi connectivity index (χ0v) is 16.8. The summed E-state index contributed by atoms with van der Waals surface area (Å²) in [5.74, 6) is 0.859. The molecule has 0 aliphatic carbocycles. The largest absolute Gasteiger partial charge is 0.497 e. The maximum Gasteiger partial charge on any atom is 0.208 e. The fourth-order valence-electron chi connectivity index (χ4n) is 2.66. The Morgan fingerprint density at radius 2 is 1.25 bits per heavy atom. The minimum absolute atomic E-state index is 0.0961.